The Kier molecular flexibility index (Phi) is 8.73. The van der Waals surface area contributed by atoms with Crippen LogP contribution in [0.15, 0.2) is 53.7 Å². The zero-order valence-electron chi connectivity index (χ0n) is 19.3. The number of methoxy groups -OCH3 is 1. The number of nitrogens with zero attached hydrogens (tertiary/aromatic N) is 3. The fourth-order valence-electron chi connectivity index (χ4n) is 3.42. The number of nitrogens with one attached hydrogen (secondary N) is 1. The summed E-state index contributed by atoms with van der Waals surface area (Å²) in [6, 6.07) is 16.0. The van der Waals surface area contributed by atoms with Gasteiger partial charge in [-0.05, 0) is 50.1 Å². The number of ether oxygens (including phenoxy) is 1. The Balaban J connectivity index is 1.83. The molecule has 0 aliphatic rings. The lowest BCUT2D eigenvalue weighted by Gasteiger charge is -2.16. The molecule has 0 saturated carbocycles. The highest BCUT2D eigenvalue weighted by atomic mass is 32.2. The number of aromatic nitrogens is 3. The van der Waals surface area contributed by atoms with Crippen molar-refractivity contribution in [2.24, 2.45) is 0 Å². The summed E-state index contributed by atoms with van der Waals surface area (Å²) in [5.74, 6) is 2.35. The first-order valence-electron chi connectivity index (χ1n) is 11.1. The van der Waals surface area contributed by atoms with E-state index in [4.69, 9.17) is 4.74 Å². The van der Waals surface area contributed by atoms with Crippen molar-refractivity contribution in [2.75, 3.05) is 7.11 Å². The van der Waals surface area contributed by atoms with Gasteiger partial charge in [-0.3, -0.25) is 9.36 Å². The standard InChI is InChI=1S/C25H32N4O2S/c1-5-6-7-11-23(30)26-19(3)24-27-28-25(29(24)21-14-12-18(2)13-15-21)32-17-20-9-8-10-22(16-20)31-4/h8-10,12-16,19H,5-7,11,17H2,1-4H3,(H,26,30). The predicted octanol–water partition coefficient (Wildman–Crippen LogP) is 5.63. The van der Waals surface area contributed by atoms with Crippen molar-refractivity contribution in [3.63, 3.8) is 0 Å². The van der Waals surface area contributed by atoms with E-state index in [2.05, 4.69) is 59.7 Å². The zero-order chi connectivity index (χ0) is 22.9. The van der Waals surface area contributed by atoms with Crippen LogP contribution in [0.2, 0.25) is 0 Å². The average Bonchev–Trinajstić information content (AvgIpc) is 3.22. The van der Waals surface area contributed by atoms with Gasteiger partial charge in [-0.25, -0.2) is 0 Å². The number of hydrogen-bond donors (Lipinski definition) is 1. The summed E-state index contributed by atoms with van der Waals surface area (Å²) in [6.45, 7) is 6.16. The summed E-state index contributed by atoms with van der Waals surface area (Å²) in [5.41, 5.74) is 3.31. The summed E-state index contributed by atoms with van der Waals surface area (Å²) in [4.78, 5) is 12.4. The molecule has 1 N–H and O–H groups in total. The van der Waals surface area contributed by atoms with Crippen LogP contribution in [0.1, 0.15) is 62.5 Å². The van der Waals surface area contributed by atoms with Gasteiger partial charge in [0.25, 0.3) is 0 Å². The summed E-state index contributed by atoms with van der Waals surface area (Å²) >= 11 is 1.61. The van der Waals surface area contributed by atoms with Crippen LogP contribution in [-0.2, 0) is 10.5 Å². The second-order valence-electron chi connectivity index (χ2n) is 7.90. The molecule has 0 radical (unpaired) electrons. The molecule has 0 aliphatic carbocycles. The molecule has 1 heterocycles. The average molecular weight is 453 g/mol. The molecule has 0 bridgehead atoms. The molecular formula is C25H32N4O2S. The number of amides is 1. The van der Waals surface area contributed by atoms with Crippen LogP contribution in [-0.4, -0.2) is 27.8 Å². The number of benzene rings is 2. The molecule has 0 saturated heterocycles. The monoisotopic (exact) mass is 452 g/mol. The van der Waals surface area contributed by atoms with Crippen molar-refractivity contribution < 1.29 is 9.53 Å². The van der Waals surface area contributed by atoms with E-state index < -0.39 is 0 Å². The van der Waals surface area contributed by atoms with Crippen LogP contribution in [0.25, 0.3) is 5.69 Å². The topological polar surface area (TPSA) is 69.0 Å². The second-order valence-corrected chi connectivity index (χ2v) is 8.84. The minimum atomic E-state index is -0.246. The molecule has 1 atom stereocenters. The first-order valence-corrected chi connectivity index (χ1v) is 12.1. The number of carbonyl (C=O) groups excluding carboxylic acids is 1. The zero-order valence-corrected chi connectivity index (χ0v) is 20.1. The second kappa shape index (κ2) is 11.7. The smallest absolute Gasteiger partial charge is 0.220 e. The fourth-order valence-corrected chi connectivity index (χ4v) is 4.32. The molecule has 3 aromatic rings. The molecule has 2 aromatic carbocycles. The maximum atomic E-state index is 12.4. The minimum absolute atomic E-state index is 0.0509. The van der Waals surface area contributed by atoms with Crippen molar-refractivity contribution in [3.05, 3.63) is 65.5 Å². The van der Waals surface area contributed by atoms with Crippen molar-refractivity contribution in [1.29, 1.82) is 0 Å². The van der Waals surface area contributed by atoms with Crippen LogP contribution < -0.4 is 10.1 Å². The third-order valence-electron chi connectivity index (χ3n) is 5.22. The van der Waals surface area contributed by atoms with Gasteiger partial charge in [0.2, 0.25) is 5.91 Å². The third kappa shape index (κ3) is 6.36. The number of thioether (sulfide) groups is 1. The maximum Gasteiger partial charge on any atom is 0.220 e. The molecule has 170 valence electrons. The molecule has 1 amide bonds. The Morgan fingerprint density at radius 1 is 1.16 bits per heavy atom. The Bertz CT molecular complexity index is 1020. The van der Waals surface area contributed by atoms with Crippen LogP contribution in [0.3, 0.4) is 0 Å². The lowest BCUT2D eigenvalue weighted by atomic mass is 10.2. The molecule has 0 spiro atoms. The number of rotatable bonds is 11. The van der Waals surface area contributed by atoms with E-state index in [-0.39, 0.29) is 11.9 Å². The van der Waals surface area contributed by atoms with E-state index in [1.54, 1.807) is 18.9 Å². The Labute approximate surface area is 194 Å². The molecule has 6 nitrogen and oxygen atoms in total. The number of hydrogen-bond acceptors (Lipinski definition) is 5. The van der Waals surface area contributed by atoms with E-state index in [1.807, 2.05) is 29.7 Å². The highest BCUT2D eigenvalue weighted by molar-refractivity contribution is 7.98. The van der Waals surface area contributed by atoms with Crippen LogP contribution >= 0.6 is 11.8 Å². The largest absolute Gasteiger partial charge is 0.497 e. The highest BCUT2D eigenvalue weighted by Crippen LogP contribution is 2.28. The van der Waals surface area contributed by atoms with Gasteiger partial charge < -0.3 is 10.1 Å². The van der Waals surface area contributed by atoms with Crippen LogP contribution in [0.5, 0.6) is 5.75 Å². The molecule has 1 unspecified atom stereocenters. The van der Waals surface area contributed by atoms with Gasteiger partial charge >= 0.3 is 0 Å². The Morgan fingerprint density at radius 2 is 1.94 bits per heavy atom. The quantitative estimate of drug-likeness (QED) is 0.301. The third-order valence-corrected chi connectivity index (χ3v) is 6.22. The molecule has 0 aliphatic heterocycles. The molecule has 32 heavy (non-hydrogen) atoms. The summed E-state index contributed by atoms with van der Waals surface area (Å²) in [5, 5.41) is 12.8. The normalized spacial score (nSPS) is 11.9. The van der Waals surface area contributed by atoms with Crippen molar-refractivity contribution in [1.82, 2.24) is 20.1 Å². The summed E-state index contributed by atoms with van der Waals surface area (Å²) < 4.78 is 7.38. The van der Waals surface area contributed by atoms with Gasteiger partial charge in [0, 0.05) is 17.9 Å². The van der Waals surface area contributed by atoms with Gasteiger partial charge in [-0.1, -0.05) is 61.4 Å². The van der Waals surface area contributed by atoms with Gasteiger partial charge in [-0.15, -0.1) is 10.2 Å². The van der Waals surface area contributed by atoms with E-state index >= 15 is 0 Å². The van der Waals surface area contributed by atoms with E-state index in [0.29, 0.717) is 6.42 Å². The predicted molar refractivity (Wildman–Crippen MR) is 129 cm³/mol. The first-order chi connectivity index (χ1) is 15.5. The van der Waals surface area contributed by atoms with Crippen molar-refractivity contribution in [2.45, 2.75) is 63.4 Å². The Hall–Kier alpha value is -2.80. The summed E-state index contributed by atoms with van der Waals surface area (Å²) in [7, 11) is 1.67. The van der Waals surface area contributed by atoms with Crippen molar-refractivity contribution >= 4 is 17.7 Å². The van der Waals surface area contributed by atoms with Gasteiger partial charge in [0.05, 0.1) is 13.2 Å². The van der Waals surface area contributed by atoms with Crippen LogP contribution in [0.4, 0.5) is 0 Å². The molecule has 3 rings (SSSR count). The van der Waals surface area contributed by atoms with Gasteiger partial charge in [0.15, 0.2) is 11.0 Å². The first kappa shape index (κ1) is 23.9. The minimum Gasteiger partial charge on any atom is -0.497 e. The number of carbonyl (C=O) groups is 1. The molecule has 7 heteroatoms. The Morgan fingerprint density at radius 3 is 2.66 bits per heavy atom. The fraction of sp³-hybridized carbons (Fsp3) is 0.400. The lowest BCUT2D eigenvalue weighted by Crippen LogP contribution is -2.28. The maximum absolute atomic E-state index is 12.4. The van der Waals surface area contributed by atoms with E-state index in [1.165, 1.54) is 5.56 Å². The molecule has 1 aromatic heterocycles. The van der Waals surface area contributed by atoms with Gasteiger partial charge in [0.1, 0.15) is 5.75 Å². The van der Waals surface area contributed by atoms with E-state index in [9.17, 15) is 4.79 Å². The highest BCUT2D eigenvalue weighted by Gasteiger charge is 2.21. The lowest BCUT2D eigenvalue weighted by molar-refractivity contribution is -0.121. The van der Waals surface area contributed by atoms with Crippen molar-refractivity contribution in [3.8, 4) is 11.4 Å². The number of aryl methyl sites for hydroxylation is 1. The summed E-state index contributed by atoms with van der Waals surface area (Å²) in [6.07, 6.45) is 3.60. The van der Waals surface area contributed by atoms with E-state index in [0.717, 1.165) is 53.0 Å². The molecular weight excluding hydrogens is 420 g/mol. The SMILES string of the molecule is CCCCCC(=O)NC(C)c1nnc(SCc2cccc(OC)c2)n1-c1ccc(C)cc1. The molecule has 0 fully saturated rings. The van der Waals surface area contributed by atoms with Crippen LogP contribution in [0, 0.1) is 6.92 Å². The van der Waals surface area contributed by atoms with Gasteiger partial charge in [-0.2, -0.15) is 0 Å². The number of unbranched alkanes of at least 4 members (excludes halogenated alkanes) is 2.